The molecule has 1 N–H and O–H groups in total. The third-order valence-corrected chi connectivity index (χ3v) is 11.4. The van der Waals surface area contributed by atoms with Crippen molar-refractivity contribution in [1.29, 1.82) is 0 Å². The molecule has 0 heterocycles. The molecule has 1 aliphatic carbocycles. The molecule has 0 radical (unpaired) electrons. The fourth-order valence-electron chi connectivity index (χ4n) is 7.67. The maximum Gasteiger partial charge on any atom is 0.305 e. The highest BCUT2D eigenvalue weighted by Crippen LogP contribution is 2.53. The molecule has 1 fully saturated rings. The number of aliphatic hydroxyl groups is 1. The van der Waals surface area contributed by atoms with E-state index in [0.717, 1.165) is 70.5 Å². The van der Waals surface area contributed by atoms with Crippen LogP contribution in [-0.4, -0.2) is 61.4 Å². The molecule has 51 heavy (non-hydrogen) atoms. The molecule has 1 saturated carbocycles. The Labute approximate surface area is 317 Å². The van der Waals surface area contributed by atoms with Gasteiger partial charge < -0.3 is 19.5 Å². The van der Waals surface area contributed by atoms with Crippen LogP contribution in [0.5, 0.6) is 0 Å². The fraction of sp³-hybridized carbons (Fsp3) is 0.956. The normalized spacial score (nSPS) is 13.7. The molecular weight excluding hydrogens is 634 g/mol. The molecule has 0 atom stereocenters. The van der Waals surface area contributed by atoms with Crippen molar-refractivity contribution in [3.05, 3.63) is 0 Å². The second-order valence-corrected chi connectivity index (χ2v) is 16.3. The van der Waals surface area contributed by atoms with E-state index < -0.39 is 0 Å². The van der Waals surface area contributed by atoms with Crippen molar-refractivity contribution in [3.8, 4) is 0 Å². The molecule has 6 nitrogen and oxygen atoms in total. The Morgan fingerprint density at radius 1 is 0.529 bits per heavy atom. The van der Waals surface area contributed by atoms with Crippen LogP contribution in [-0.2, 0) is 19.1 Å². The number of aliphatic hydroxyl groups excluding tert-OH is 1. The van der Waals surface area contributed by atoms with Gasteiger partial charge in [-0.3, -0.25) is 9.59 Å². The minimum Gasteiger partial charge on any atom is -0.466 e. The zero-order valence-corrected chi connectivity index (χ0v) is 34.5. The molecule has 6 heteroatoms. The number of hydrogen-bond donors (Lipinski definition) is 1. The average Bonchev–Trinajstić information content (AvgIpc) is 3.91. The zero-order valence-electron chi connectivity index (χ0n) is 34.5. The third kappa shape index (κ3) is 29.9. The lowest BCUT2D eigenvalue weighted by Gasteiger charge is -2.23. The Hall–Kier alpha value is -1.14. The second kappa shape index (κ2) is 34.6. The third-order valence-electron chi connectivity index (χ3n) is 11.4. The summed E-state index contributed by atoms with van der Waals surface area (Å²) >= 11 is 0. The van der Waals surface area contributed by atoms with Crippen LogP contribution in [0.25, 0.3) is 0 Å². The van der Waals surface area contributed by atoms with Crippen LogP contribution in [0.4, 0.5) is 0 Å². The van der Waals surface area contributed by atoms with Crippen molar-refractivity contribution in [1.82, 2.24) is 4.90 Å². The van der Waals surface area contributed by atoms with E-state index in [2.05, 4.69) is 25.7 Å². The standard InChI is InChI=1S/C45H87NO5/c1-4-7-10-11-12-16-25-40-50-43(48)30-19-14-13-15-21-36-46(38-23-24-39-47)37-22-20-32-45(34-35-45)33-31-44(49)51-41-26-29-42(27-17-8-5-2)28-18-9-6-3/h42,47H,4-41H2,1-3H3. The minimum atomic E-state index is -0.0196. The van der Waals surface area contributed by atoms with E-state index >= 15 is 0 Å². The molecule has 1 rings (SSSR count). The van der Waals surface area contributed by atoms with Gasteiger partial charge in [0.1, 0.15) is 0 Å². The van der Waals surface area contributed by atoms with Crippen LogP contribution >= 0.6 is 0 Å². The van der Waals surface area contributed by atoms with Gasteiger partial charge in [-0.15, -0.1) is 0 Å². The first-order chi connectivity index (χ1) is 25.0. The van der Waals surface area contributed by atoms with Gasteiger partial charge in [-0.2, -0.15) is 0 Å². The van der Waals surface area contributed by atoms with Gasteiger partial charge in [-0.05, 0) is 108 Å². The summed E-state index contributed by atoms with van der Waals surface area (Å²) < 4.78 is 11.1. The topological polar surface area (TPSA) is 76.1 Å². The largest absolute Gasteiger partial charge is 0.466 e. The summed E-state index contributed by atoms with van der Waals surface area (Å²) in [7, 11) is 0. The molecule has 0 bridgehead atoms. The summed E-state index contributed by atoms with van der Waals surface area (Å²) in [5, 5.41) is 9.29. The number of unbranched alkanes of at least 4 members (excludes halogenated alkanes) is 16. The summed E-state index contributed by atoms with van der Waals surface area (Å²) in [6, 6.07) is 0. The maximum atomic E-state index is 12.6. The molecule has 0 spiro atoms. The Morgan fingerprint density at radius 2 is 1.00 bits per heavy atom. The predicted molar refractivity (Wildman–Crippen MR) is 216 cm³/mol. The van der Waals surface area contributed by atoms with E-state index in [-0.39, 0.29) is 18.5 Å². The van der Waals surface area contributed by atoms with Crippen molar-refractivity contribution in [2.75, 3.05) is 39.5 Å². The van der Waals surface area contributed by atoms with Crippen molar-refractivity contribution < 1.29 is 24.2 Å². The molecular formula is C45H87NO5. The van der Waals surface area contributed by atoms with Crippen LogP contribution in [0.2, 0.25) is 0 Å². The van der Waals surface area contributed by atoms with Crippen LogP contribution < -0.4 is 0 Å². The Kier molecular flexibility index (Phi) is 32.5. The average molecular weight is 722 g/mol. The van der Waals surface area contributed by atoms with Gasteiger partial charge in [-0.1, -0.05) is 136 Å². The second-order valence-electron chi connectivity index (χ2n) is 16.3. The van der Waals surface area contributed by atoms with Crippen LogP contribution in [0.1, 0.15) is 226 Å². The summed E-state index contributed by atoms with van der Waals surface area (Å²) in [6.07, 6.45) is 37.5. The summed E-state index contributed by atoms with van der Waals surface area (Å²) in [5.41, 5.74) is 0.394. The summed E-state index contributed by atoms with van der Waals surface area (Å²) in [4.78, 5) is 27.2. The quantitative estimate of drug-likeness (QED) is 0.0501. The number of nitrogens with zero attached hydrogens (tertiary/aromatic N) is 1. The van der Waals surface area contributed by atoms with Gasteiger partial charge in [0.15, 0.2) is 0 Å². The number of rotatable bonds is 40. The maximum absolute atomic E-state index is 12.6. The molecule has 1 aliphatic rings. The number of carbonyl (C=O) groups excluding carboxylic acids is 2. The highest BCUT2D eigenvalue weighted by Gasteiger charge is 2.41. The first kappa shape index (κ1) is 47.9. The minimum absolute atomic E-state index is 0.0172. The Bertz CT molecular complexity index is 775. The molecule has 0 aromatic rings. The lowest BCUT2D eigenvalue weighted by atomic mass is 9.91. The van der Waals surface area contributed by atoms with Crippen molar-refractivity contribution in [2.45, 2.75) is 226 Å². The van der Waals surface area contributed by atoms with Gasteiger partial charge in [0.2, 0.25) is 0 Å². The van der Waals surface area contributed by atoms with Crippen molar-refractivity contribution in [2.24, 2.45) is 11.3 Å². The fourth-order valence-corrected chi connectivity index (χ4v) is 7.67. The number of carbonyl (C=O) groups is 2. The SMILES string of the molecule is CCCCCCCCCOC(=O)CCCCCCCN(CCCCO)CCCCC1(CCC(=O)OCCCC(CCCCC)CCCCC)CC1. The molecule has 0 aromatic carbocycles. The molecule has 0 saturated heterocycles. The van der Waals surface area contributed by atoms with E-state index in [1.165, 1.54) is 148 Å². The first-order valence-electron chi connectivity index (χ1n) is 22.6. The number of hydrogen-bond acceptors (Lipinski definition) is 6. The number of ether oxygens (including phenoxy) is 2. The molecule has 0 amide bonds. The van der Waals surface area contributed by atoms with Gasteiger partial charge >= 0.3 is 11.9 Å². The van der Waals surface area contributed by atoms with Gasteiger partial charge in [0, 0.05) is 19.4 Å². The monoisotopic (exact) mass is 722 g/mol. The molecule has 0 aromatic heterocycles. The van der Waals surface area contributed by atoms with Gasteiger partial charge in [0.25, 0.3) is 0 Å². The van der Waals surface area contributed by atoms with Crippen LogP contribution in [0.15, 0.2) is 0 Å². The van der Waals surface area contributed by atoms with Gasteiger partial charge in [-0.25, -0.2) is 0 Å². The van der Waals surface area contributed by atoms with E-state index in [0.29, 0.717) is 31.5 Å². The molecule has 302 valence electrons. The summed E-state index contributed by atoms with van der Waals surface area (Å²) in [6.45, 7) is 11.6. The van der Waals surface area contributed by atoms with E-state index in [1.54, 1.807) is 0 Å². The van der Waals surface area contributed by atoms with E-state index in [4.69, 9.17) is 9.47 Å². The Balaban J connectivity index is 2.15. The zero-order chi connectivity index (χ0) is 37.1. The van der Waals surface area contributed by atoms with E-state index in [9.17, 15) is 14.7 Å². The molecule has 0 aliphatic heterocycles. The highest BCUT2D eigenvalue weighted by molar-refractivity contribution is 5.69. The number of esters is 2. The van der Waals surface area contributed by atoms with Crippen molar-refractivity contribution >= 4 is 11.9 Å². The van der Waals surface area contributed by atoms with Crippen LogP contribution in [0.3, 0.4) is 0 Å². The molecule has 0 unspecified atom stereocenters. The van der Waals surface area contributed by atoms with Crippen molar-refractivity contribution in [3.63, 3.8) is 0 Å². The smallest absolute Gasteiger partial charge is 0.305 e. The highest BCUT2D eigenvalue weighted by atomic mass is 16.5. The first-order valence-corrected chi connectivity index (χ1v) is 22.6. The van der Waals surface area contributed by atoms with E-state index in [1.807, 2.05) is 0 Å². The van der Waals surface area contributed by atoms with Gasteiger partial charge in [0.05, 0.1) is 13.2 Å². The lowest BCUT2D eigenvalue weighted by molar-refractivity contribution is -0.145. The lowest BCUT2D eigenvalue weighted by Crippen LogP contribution is -2.27. The Morgan fingerprint density at radius 3 is 1.61 bits per heavy atom. The van der Waals surface area contributed by atoms with Crippen LogP contribution in [0, 0.1) is 11.3 Å². The predicted octanol–water partition coefficient (Wildman–Crippen LogP) is 12.5. The summed E-state index contributed by atoms with van der Waals surface area (Å²) in [5.74, 6) is 0.803.